The van der Waals surface area contributed by atoms with Crippen LogP contribution in [0.5, 0.6) is 0 Å². The van der Waals surface area contributed by atoms with Crippen LogP contribution in [0.25, 0.3) is 10.2 Å². The highest BCUT2D eigenvalue weighted by molar-refractivity contribution is 7.18. The molecule has 23 heavy (non-hydrogen) atoms. The van der Waals surface area contributed by atoms with Crippen LogP contribution in [-0.2, 0) is 0 Å². The fourth-order valence-corrected chi connectivity index (χ4v) is 2.94. The van der Waals surface area contributed by atoms with Crippen LogP contribution in [0.4, 0.5) is 5.95 Å². The molecule has 2 rings (SSSR count). The third-order valence-electron chi connectivity index (χ3n) is 3.37. The Labute approximate surface area is 135 Å². The zero-order chi connectivity index (χ0) is 17.1. The average Bonchev–Trinajstić information content (AvgIpc) is 2.80. The van der Waals surface area contributed by atoms with Gasteiger partial charge in [-0.2, -0.15) is 5.10 Å². The maximum atomic E-state index is 12.0. The fourth-order valence-electron chi connectivity index (χ4n) is 1.91. The van der Waals surface area contributed by atoms with Crippen LogP contribution < -0.4 is 11.0 Å². The first-order valence-corrected chi connectivity index (χ1v) is 7.61. The van der Waals surface area contributed by atoms with E-state index in [0.717, 1.165) is 16.7 Å². The first-order valence-electron chi connectivity index (χ1n) is 6.79. The molecule has 6 N–H and O–H groups in total. The summed E-state index contributed by atoms with van der Waals surface area (Å²) in [4.78, 5) is 20.3. The van der Waals surface area contributed by atoms with Gasteiger partial charge in [0, 0.05) is 4.88 Å². The van der Waals surface area contributed by atoms with Crippen LogP contribution in [0.3, 0.4) is 0 Å². The van der Waals surface area contributed by atoms with Gasteiger partial charge in [0.2, 0.25) is 5.95 Å². The van der Waals surface area contributed by atoms with Crippen LogP contribution in [0, 0.1) is 13.8 Å². The number of nitrogens with one attached hydrogen (secondary N) is 2. The number of aryl methyl sites for hydroxylation is 2. The van der Waals surface area contributed by atoms with E-state index in [1.54, 1.807) is 0 Å². The minimum Gasteiger partial charge on any atom is -0.394 e. The van der Waals surface area contributed by atoms with Crippen LogP contribution >= 0.6 is 11.3 Å². The number of aliphatic hydroxyl groups is 4. The molecule has 0 amide bonds. The number of H-pyrrole nitrogens is 1. The van der Waals surface area contributed by atoms with E-state index in [0.29, 0.717) is 10.2 Å². The average molecular weight is 342 g/mol. The van der Waals surface area contributed by atoms with E-state index in [4.69, 9.17) is 5.11 Å². The van der Waals surface area contributed by atoms with Gasteiger partial charge in [-0.15, -0.1) is 11.3 Å². The van der Waals surface area contributed by atoms with E-state index in [1.807, 2.05) is 13.8 Å². The van der Waals surface area contributed by atoms with Crippen molar-refractivity contribution >= 4 is 33.7 Å². The van der Waals surface area contributed by atoms with E-state index >= 15 is 0 Å². The maximum Gasteiger partial charge on any atom is 0.261 e. The molecule has 126 valence electrons. The molecule has 0 bridgehead atoms. The lowest BCUT2D eigenvalue weighted by atomic mass is 10.1. The summed E-state index contributed by atoms with van der Waals surface area (Å²) >= 11 is 1.39. The van der Waals surface area contributed by atoms with Crippen molar-refractivity contribution in [2.45, 2.75) is 32.2 Å². The lowest BCUT2D eigenvalue weighted by Crippen LogP contribution is -2.40. The quantitative estimate of drug-likeness (QED) is 0.293. The second-order valence-corrected chi connectivity index (χ2v) is 6.20. The topological polar surface area (TPSA) is 151 Å². The Morgan fingerprint density at radius 1 is 1.39 bits per heavy atom. The van der Waals surface area contributed by atoms with Crippen LogP contribution in [0.1, 0.15) is 10.4 Å². The molecule has 2 heterocycles. The van der Waals surface area contributed by atoms with Crippen LogP contribution in [-0.4, -0.2) is 61.5 Å². The Hall–Kier alpha value is -1.85. The highest BCUT2D eigenvalue weighted by Gasteiger charge is 2.22. The monoisotopic (exact) mass is 342 g/mol. The van der Waals surface area contributed by atoms with Crippen molar-refractivity contribution in [2.24, 2.45) is 5.10 Å². The molecule has 2 aromatic rings. The van der Waals surface area contributed by atoms with Crippen molar-refractivity contribution < 1.29 is 20.4 Å². The molecule has 0 unspecified atom stereocenters. The summed E-state index contributed by atoms with van der Waals surface area (Å²) in [5.41, 5.74) is 3.02. The van der Waals surface area contributed by atoms with Gasteiger partial charge >= 0.3 is 0 Å². The molecular formula is C13H18N4O5S. The molecule has 0 radical (unpaired) electrons. The molecule has 0 saturated heterocycles. The lowest BCUT2D eigenvalue weighted by Gasteiger charge is -2.17. The summed E-state index contributed by atoms with van der Waals surface area (Å²) in [5.74, 6) is 0.0874. The maximum absolute atomic E-state index is 12.0. The smallest absolute Gasteiger partial charge is 0.261 e. The molecule has 0 aliphatic rings. The molecule has 0 aliphatic carbocycles. The van der Waals surface area contributed by atoms with Crippen LogP contribution in [0.15, 0.2) is 9.90 Å². The molecule has 0 spiro atoms. The van der Waals surface area contributed by atoms with Crippen molar-refractivity contribution in [2.75, 3.05) is 12.0 Å². The Kier molecular flexibility index (Phi) is 5.44. The van der Waals surface area contributed by atoms with Crippen LogP contribution in [0.2, 0.25) is 0 Å². The molecule has 2 aromatic heterocycles. The van der Waals surface area contributed by atoms with Gasteiger partial charge in [0.05, 0.1) is 18.2 Å². The van der Waals surface area contributed by atoms with Crippen molar-refractivity contribution in [1.82, 2.24) is 9.97 Å². The Balaban J connectivity index is 2.14. The van der Waals surface area contributed by atoms with E-state index < -0.39 is 24.9 Å². The van der Waals surface area contributed by atoms with E-state index in [2.05, 4.69) is 20.5 Å². The van der Waals surface area contributed by atoms with Gasteiger partial charge in [-0.05, 0) is 19.4 Å². The minimum atomic E-state index is -1.58. The largest absolute Gasteiger partial charge is 0.394 e. The Morgan fingerprint density at radius 3 is 2.74 bits per heavy atom. The Bertz CT molecular complexity index is 772. The number of hydrogen-bond acceptors (Lipinski definition) is 9. The van der Waals surface area contributed by atoms with Gasteiger partial charge in [-0.25, -0.2) is 10.4 Å². The fraction of sp³-hybridized carbons (Fsp3) is 0.462. The summed E-state index contributed by atoms with van der Waals surface area (Å²) in [5, 5.41) is 41.1. The summed E-state index contributed by atoms with van der Waals surface area (Å²) in [6.45, 7) is 3.05. The number of aromatic amines is 1. The highest BCUT2D eigenvalue weighted by atomic mass is 32.1. The number of aliphatic hydroxyl groups excluding tert-OH is 4. The number of hydrogen-bond donors (Lipinski definition) is 6. The number of nitrogens with zero attached hydrogens (tertiary/aromatic N) is 2. The van der Waals surface area contributed by atoms with Gasteiger partial charge in [-0.3, -0.25) is 9.78 Å². The van der Waals surface area contributed by atoms with Crippen molar-refractivity contribution in [1.29, 1.82) is 0 Å². The zero-order valence-corrected chi connectivity index (χ0v) is 13.3. The van der Waals surface area contributed by atoms with Gasteiger partial charge in [0.25, 0.3) is 5.56 Å². The highest BCUT2D eigenvalue weighted by Crippen LogP contribution is 2.26. The first-order chi connectivity index (χ1) is 10.8. The summed E-state index contributed by atoms with van der Waals surface area (Å²) in [6, 6.07) is 0. The summed E-state index contributed by atoms with van der Waals surface area (Å²) in [6.07, 6.45) is -3.63. The van der Waals surface area contributed by atoms with E-state index in [-0.39, 0.29) is 11.5 Å². The molecule has 10 heteroatoms. The standard InChI is InChI=1S/C13H18N4O5S/c1-5-6(2)23-12-9(5)11(22)15-13(16-12)17-14-3-7(19)10(21)8(20)4-18/h3,7-8,10,18-21H,4H2,1-2H3,(H2,15,16,17,22)/b14-3+/t7-,8+,10+/m0/s1. The molecule has 0 aliphatic heterocycles. The van der Waals surface area contributed by atoms with Crippen molar-refractivity contribution in [3.8, 4) is 0 Å². The number of rotatable bonds is 6. The molecular weight excluding hydrogens is 324 g/mol. The summed E-state index contributed by atoms with van der Waals surface area (Å²) in [7, 11) is 0. The third-order valence-corrected chi connectivity index (χ3v) is 4.47. The predicted molar refractivity (Wildman–Crippen MR) is 86.9 cm³/mol. The first kappa shape index (κ1) is 17.5. The number of anilines is 1. The van der Waals surface area contributed by atoms with E-state index in [9.17, 15) is 20.1 Å². The molecule has 0 aromatic carbocycles. The normalized spacial score (nSPS) is 15.9. The number of hydrazone groups is 1. The summed E-state index contributed by atoms with van der Waals surface area (Å²) < 4.78 is 0. The van der Waals surface area contributed by atoms with Gasteiger partial charge < -0.3 is 20.4 Å². The third kappa shape index (κ3) is 3.74. The molecule has 0 saturated carbocycles. The number of aromatic nitrogens is 2. The number of thiophene rings is 1. The van der Waals surface area contributed by atoms with Gasteiger partial charge in [0.15, 0.2) is 0 Å². The number of fused-ring (bicyclic) bond motifs is 1. The Morgan fingerprint density at radius 2 is 2.09 bits per heavy atom. The second-order valence-electron chi connectivity index (χ2n) is 5.00. The van der Waals surface area contributed by atoms with Gasteiger partial charge in [0.1, 0.15) is 23.1 Å². The SMILES string of the molecule is Cc1sc2nc(N/N=C/[C@H](O)[C@@H](O)[C@H](O)CO)[nH]c(=O)c2c1C. The van der Waals surface area contributed by atoms with Crippen molar-refractivity contribution in [3.05, 3.63) is 20.8 Å². The van der Waals surface area contributed by atoms with Gasteiger partial charge in [-0.1, -0.05) is 0 Å². The minimum absolute atomic E-state index is 0.0874. The molecule has 0 fully saturated rings. The second kappa shape index (κ2) is 7.15. The molecule has 9 nitrogen and oxygen atoms in total. The van der Waals surface area contributed by atoms with E-state index in [1.165, 1.54) is 11.3 Å². The van der Waals surface area contributed by atoms with Crippen molar-refractivity contribution in [3.63, 3.8) is 0 Å². The lowest BCUT2D eigenvalue weighted by molar-refractivity contribution is -0.0541. The zero-order valence-electron chi connectivity index (χ0n) is 12.5. The molecule has 3 atom stereocenters. The predicted octanol–water partition coefficient (Wildman–Crippen LogP) is -0.926.